The molecule has 0 aromatic heterocycles. The third kappa shape index (κ3) is 4.59. The third-order valence-corrected chi connectivity index (χ3v) is 5.00. The standard InChI is InChI=1S/C22H14F9N/c23-20(24,25)16-7-1-13(2-8-16)19(32,14-3-9-17(10-4-14)21(26,27)28)15-5-11-18(12-6-15)22(29,30)31/h1-12H,32H2. The molecule has 1 nitrogen and oxygen atoms in total. The molecule has 0 radical (unpaired) electrons. The lowest BCUT2D eigenvalue weighted by Crippen LogP contribution is -2.39. The van der Waals surface area contributed by atoms with Gasteiger partial charge in [0.2, 0.25) is 0 Å². The SMILES string of the molecule is NC(c1ccc(C(F)(F)F)cc1)(c1ccc(C(F)(F)F)cc1)c1ccc(C(F)(F)F)cc1. The van der Waals surface area contributed by atoms with Crippen molar-refractivity contribution in [3.63, 3.8) is 0 Å². The van der Waals surface area contributed by atoms with Crippen molar-refractivity contribution in [3.8, 4) is 0 Å². The zero-order chi connectivity index (χ0) is 23.9. The molecule has 0 unspecified atom stereocenters. The summed E-state index contributed by atoms with van der Waals surface area (Å²) < 4.78 is 116. The molecule has 0 amide bonds. The summed E-state index contributed by atoms with van der Waals surface area (Å²) in [5, 5.41) is 0. The van der Waals surface area contributed by atoms with Crippen molar-refractivity contribution in [2.45, 2.75) is 24.1 Å². The Bertz CT molecular complexity index is 920. The van der Waals surface area contributed by atoms with Gasteiger partial charge in [0.15, 0.2) is 0 Å². The van der Waals surface area contributed by atoms with Gasteiger partial charge in [-0.15, -0.1) is 0 Å². The van der Waals surface area contributed by atoms with Crippen LogP contribution in [-0.4, -0.2) is 0 Å². The topological polar surface area (TPSA) is 26.0 Å². The summed E-state index contributed by atoms with van der Waals surface area (Å²) in [6, 6.07) is 10.7. The highest BCUT2D eigenvalue weighted by Crippen LogP contribution is 2.39. The van der Waals surface area contributed by atoms with E-state index in [4.69, 9.17) is 5.73 Å². The second-order valence-corrected chi connectivity index (χ2v) is 7.03. The minimum atomic E-state index is -4.64. The summed E-state index contributed by atoms with van der Waals surface area (Å²) in [7, 11) is 0. The van der Waals surface area contributed by atoms with Crippen molar-refractivity contribution >= 4 is 0 Å². The number of halogens is 9. The van der Waals surface area contributed by atoms with E-state index in [1.165, 1.54) is 0 Å². The van der Waals surface area contributed by atoms with E-state index >= 15 is 0 Å². The summed E-state index contributed by atoms with van der Waals surface area (Å²) in [5.41, 5.74) is 1.86. The van der Waals surface area contributed by atoms with Crippen LogP contribution in [-0.2, 0) is 24.1 Å². The molecule has 170 valence electrons. The molecule has 0 spiro atoms. The highest BCUT2D eigenvalue weighted by molar-refractivity contribution is 5.50. The number of rotatable bonds is 3. The van der Waals surface area contributed by atoms with E-state index < -0.39 is 40.8 Å². The van der Waals surface area contributed by atoms with Crippen molar-refractivity contribution in [1.29, 1.82) is 0 Å². The van der Waals surface area contributed by atoms with Gasteiger partial charge in [-0.1, -0.05) is 36.4 Å². The molecule has 0 saturated heterocycles. The second kappa shape index (κ2) is 7.84. The lowest BCUT2D eigenvalue weighted by Gasteiger charge is -2.32. The minimum Gasteiger partial charge on any atom is -0.314 e. The summed E-state index contributed by atoms with van der Waals surface area (Å²) in [5.74, 6) is 0. The van der Waals surface area contributed by atoms with E-state index in [1.807, 2.05) is 0 Å². The molecule has 0 aliphatic heterocycles. The predicted molar refractivity (Wildman–Crippen MR) is 98.4 cm³/mol. The van der Waals surface area contributed by atoms with Gasteiger partial charge in [-0.25, -0.2) is 0 Å². The Kier molecular flexibility index (Phi) is 5.80. The molecule has 0 heterocycles. The average Bonchev–Trinajstić information content (AvgIpc) is 2.71. The Balaban J connectivity index is 2.17. The fourth-order valence-electron chi connectivity index (χ4n) is 3.27. The molecular formula is C22H14F9N. The van der Waals surface area contributed by atoms with Gasteiger partial charge in [0, 0.05) is 0 Å². The largest absolute Gasteiger partial charge is 0.416 e. The first kappa shape index (κ1) is 23.6. The van der Waals surface area contributed by atoms with Crippen LogP contribution < -0.4 is 5.73 Å². The molecule has 0 bridgehead atoms. The number of hydrogen-bond acceptors (Lipinski definition) is 1. The van der Waals surface area contributed by atoms with Crippen LogP contribution >= 0.6 is 0 Å². The van der Waals surface area contributed by atoms with E-state index in [0.29, 0.717) is 0 Å². The molecular weight excluding hydrogens is 449 g/mol. The zero-order valence-electron chi connectivity index (χ0n) is 15.9. The van der Waals surface area contributed by atoms with Gasteiger partial charge in [-0.05, 0) is 53.1 Å². The van der Waals surface area contributed by atoms with Crippen LogP contribution in [0.15, 0.2) is 72.8 Å². The molecule has 0 fully saturated rings. The van der Waals surface area contributed by atoms with Crippen LogP contribution in [0.4, 0.5) is 39.5 Å². The number of benzene rings is 3. The predicted octanol–water partition coefficient (Wildman–Crippen LogP) is 6.99. The molecule has 3 aromatic rings. The van der Waals surface area contributed by atoms with Crippen LogP contribution in [0.5, 0.6) is 0 Å². The molecule has 3 rings (SSSR count). The molecule has 10 heteroatoms. The Morgan fingerprint density at radius 1 is 0.344 bits per heavy atom. The highest BCUT2D eigenvalue weighted by Gasteiger charge is 2.37. The van der Waals surface area contributed by atoms with E-state index in [1.54, 1.807) is 0 Å². The number of alkyl halides is 9. The summed E-state index contributed by atoms with van der Waals surface area (Å²) >= 11 is 0. The lowest BCUT2D eigenvalue weighted by atomic mass is 9.77. The van der Waals surface area contributed by atoms with Crippen molar-refractivity contribution < 1.29 is 39.5 Å². The highest BCUT2D eigenvalue weighted by atomic mass is 19.4. The first-order valence-electron chi connectivity index (χ1n) is 8.95. The van der Waals surface area contributed by atoms with Crippen molar-refractivity contribution in [2.75, 3.05) is 0 Å². The monoisotopic (exact) mass is 463 g/mol. The summed E-state index contributed by atoms with van der Waals surface area (Å²) in [4.78, 5) is 0. The molecule has 0 atom stereocenters. The van der Waals surface area contributed by atoms with E-state index in [9.17, 15) is 39.5 Å². The zero-order valence-corrected chi connectivity index (χ0v) is 15.9. The van der Waals surface area contributed by atoms with Crippen molar-refractivity contribution in [3.05, 3.63) is 106 Å². The molecule has 2 N–H and O–H groups in total. The fourth-order valence-corrected chi connectivity index (χ4v) is 3.27. The number of hydrogen-bond donors (Lipinski definition) is 1. The molecule has 0 aliphatic rings. The van der Waals surface area contributed by atoms with Gasteiger partial charge in [0.05, 0.1) is 22.2 Å². The first-order valence-corrected chi connectivity index (χ1v) is 8.95. The van der Waals surface area contributed by atoms with Gasteiger partial charge < -0.3 is 5.73 Å². The smallest absolute Gasteiger partial charge is 0.314 e. The van der Waals surface area contributed by atoms with E-state index in [0.717, 1.165) is 72.8 Å². The third-order valence-electron chi connectivity index (χ3n) is 5.00. The lowest BCUT2D eigenvalue weighted by molar-refractivity contribution is -0.138. The van der Waals surface area contributed by atoms with Crippen molar-refractivity contribution in [1.82, 2.24) is 0 Å². The normalized spacial score (nSPS) is 13.3. The van der Waals surface area contributed by atoms with Crippen LogP contribution in [0.2, 0.25) is 0 Å². The molecule has 3 aromatic carbocycles. The molecule has 32 heavy (non-hydrogen) atoms. The van der Waals surface area contributed by atoms with E-state index in [2.05, 4.69) is 0 Å². The average molecular weight is 463 g/mol. The first-order chi connectivity index (χ1) is 14.6. The Hall–Kier alpha value is -3.01. The van der Waals surface area contributed by atoms with Crippen LogP contribution in [0, 0.1) is 0 Å². The Labute approximate surface area is 176 Å². The van der Waals surface area contributed by atoms with Gasteiger partial charge in [0.1, 0.15) is 0 Å². The van der Waals surface area contributed by atoms with Crippen LogP contribution in [0.25, 0.3) is 0 Å². The van der Waals surface area contributed by atoms with Gasteiger partial charge in [0.25, 0.3) is 0 Å². The minimum absolute atomic E-state index is 0.0463. The van der Waals surface area contributed by atoms with Crippen LogP contribution in [0.1, 0.15) is 33.4 Å². The Morgan fingerprint density at radius 3 is 0.656 bits per heavy atom. The van der Waals surface area contributed by atoms with Crippen molar-refractivity contribution in [2.24, 2.45) is 5.73 Å². The molecule has 0 saturated carbocycles. The van der Waals surface area contributed by atoms with Gasteiger partial charge >= 0.3 is 18.5 Å². The quantitative estimate of drug-likeness (QED) is 0.329. The van der Waals surface area contributed by atoms with Gasteiger partial charge in [-0.3, -0.25) is 0 Å². The summed E-state index contributed by atoms with van der Waals surface area (Å²) in [6.07, 6.45) is -13.9. The molecule has 0 aliphatic carbocycles. The second-order valence-electron chi connectivity index (χ2n) is 7.03. The Morgan fingerprint density at radius 2 is 0.500 bits per heavy atom. The maximum atomic E-state index is 12.9. The fraction of sp³-hybridized carbons (Fsp3) is 0.182. The van der Waals surface area contributed by atoms with Crippen LogP contribution in [0.3, 0.4) is 0 Å². The maximum absolute atomic E-state index is 12.9. The maximum Gasteiger partial charge on any atom is 0.416 e. The summed E-state index contributed by atoms with van der Waals surface area (Å²) in [6.45, 7) is 0. The number of nitrogens with two attached hydrogens (primary N) is 1. The van der Waals surface area contributed by atoms with E-state index in [-0.39, 0.29) is 16.7 Å². The van der Waals surface area contributed by atoms with Gasteiger partial charge in [-0.2, -0.15) is 39.5 Å².